The molecule has 144 valence electrons. The van der Waals surface area contributed by atoms with Crippen molar-refractivity contribution in [3.05, 3.63) is 58.9 Å². The van der Waals surface area contributed by atoms with Crippen LogP contribution in [0.2, 0.25) is 0 Å². The third-order valence-electron chi connectivity index (χ3n) is 3.99. The van der Waals surface area contributed by atoms with E-state index in [9.17, 15) is 9.18 Å². The molecule has 2 rings (SSSR count). The van der Waals surface area contributed by atoms with Crippen LogP contribution in [0.3, 0.4) is 0 Å². The molecule has 0 radical (unpaired) electrons. The Bertz CT molecular complexity index is 824. The van der Waals surface area contributed by atoms with E-state index in [1.54, 1.807) is 24.3 Å². The average Bonchev–Trinajstić information content (AvgIpc) is 2.68. The highest BCUT2D eigenvalue weighted by molar-refractivity contribution is 5.94. The number of hydrogen-bond donors (Lipinski definition) is 3. The molecule has 0 spiro atoms. The van der Waals surface area contributed by atoms with E-state index in [1.807, 2.05) is 0 Å². The zero-order valence-corrected chi connectivity index (χ0v) is 15.3. The number of hydrogen-bond acceptors (Lipinski definition) is 5. The Hall–Kier alpha value is -3.13. The van der Waals surface area contributed by atoms with Gasteiger partial charge in [0, 0.05) is 30.8 Å². The van der Waals surface area contributed by atoms with Crippen LogP contribution < -0.4 is 20.5 Å². The molecule has 1 amide bonds. The van der Waals surface area contributed by atoms with Gasteiger partial charge in [-0.25, -0.2) is 4.39 Å². The highest BCUT2D eigenvalue weighted by atomic mass is 19.1. The highest BCUT2D eigenvalue weighted by Crippen LogP contribution is 2.33. The Balaban J connectivity index is 2.15. The van der Waals surface area contributed by atoms with Gasteiger partial charge in [-0.05, 0) is 11.6 Å². The molecule has 0 aliphatic rings. The van der Waals surface area contributed by atoms with Gasteiger partial charge >= 0.3 is 0 Å². The summed E-state index contributed by atoms with van der Waals surface area (Å²) in [6, 6.07) is 9.39. The number of nitrogens with one attached hydrogen (secondary N) is 2. The van der Waals surface area contributed by atoms with E-state index in [1.165, 1.54) is 27.4 Å². The minimum atomic E-state index is -1.15. The SMILES string of the molecule is COc1cc(F)c([C@H](OC)C(=O)NCc2ccc(C(=N)N)cc2)cc1OC. The van der Waals surface area contributed by atoms with Crippen molar-refractivity contribution >= 4 is 11.7 Å². The molecule has 4 N–H and O–H groups in total. The third-order valence-corrected chi connectivity index (χ3v) is 3.99. The zero-order chi connectivity index (χ0) is 20.0. The van der Waals surface area contributed by atoms with Crippen LogP contribution >= 0.6 is 0 Å². The number of nitrogens with two attached hydrogens (primary N) is 1. The summed E-state index contributed by atoms with van der Waals surface area (Å²) in [7, 11) is 4.14. The van der Waals surface area contributed by atoms with E-state index in [0.29, 0.717) is 11.3 Å². The fourth-order valence-electron chi connectivity index (χ4n) is 2.53. The van der Waals surface area contributed by atoms with Gasteiger partial charge in [0.15, 0.2) is 17.6 Å². The van der Waals surface area contributed by atoms with Crippen molar-refractivity contribution in [1.29, 1.82) is 5.41 Å². The number of benzene rings is 2. The summed E-state index contributed by atoms with van der Waals surface area (Å²) in [5, 5.41) is 10.1. The maximum absolute atomic E-state index is 14.4. The van der Waals surface area contributed by atoms with Crippen LogP contribution in [0.5, 0.6) is 11.5 Å². The zero-order valence-electron chi connectivity index (χ0n) is 15.3. The number of carbonyl (C=O) groups excluding carboxylic acids is 1. The normalized spacial score (nSPS) is 11.6. The van der Waals surface area contributed by atoms with Crippen molar-refractivity contribution in [2.45, 2.75) is 12.6 Å². The molecule has 0 aliphatic heterocycles. The molecule has 0 fully saturated rings. The maximum Gasteiger partial charge on any atom is 0.254 e. The molecular weight excluding hydrogens is 353 g/mol. The molecule has 2 aromatic carbocycles. The summed E-state index contributed by atoms with van der Waals surface area (Å²) >= 11 is 0. The van der Waals surface area contributed by atoms with Crippen molar-refractivity contribution in [2.24, 2.45) is 5.73 Å². The largest absolute Gasteiger partial charge is 0.493 e. The molecule has 0 aliphatic carbocycles. The number of amidine groups is 1. The lowest BCUT2D eigenvalue weighted by Crippen LogP contribution is -2.30. The monoisotopic (exact) mass is 375 g/mol. The molecule has 7 nitrogen and oxygen atoms in total. The molecule has 0 saturated carbocycles. The fraction of sp³-hybridized carbons (Fsp3) is 0.263. The second-order valence-electron chi connectivity index (χ2n) is 5.67. The summed E-state index contributed by atoms with van der Waals surface area (Å²) < 4.78 is 29.8. The van der Waals surface area contributed by atoms with E-state index in [-0.39, 0.29) is 23.7 Å². The lowest BCUT2D eigenvalue weighted by Gasteiger charge is -2.18. The standard InChI is InChI=1S/C19H22FN3O4/c1-25-15-8-13(14(20)9-16(15)26-2)17(27-3)19(24)23-10-11-4-6-12(7-5-11)18(21)22/h4-9,17H,10H2,1-3H3,(H3,21,22)(H,23,24)/t17-/m0/s1. The molecular formula is C19H22FN3O4. The van der Waals surface area contributed by atoms with Crippen LogP contribution in [0, 0.1) is 11.2 Å². The topological polar surface area (TPSA) is 107 Å². The van der Waals surface area contributed by atoms with E-state index in [2.05, 4.69) is 5.32 Å². The number of ether oxygens (including phenoxy) is 3. The summed E-state index contributed by atoms with van der Waals surface area (Å²) in [5.41, 5.74) is 6.84. The van der Waals surface area contributed by atoms with Crippen molar-refractivity contribution < 1.29 is 23.4 Å². The lowest BCUT2D eigenvalue weighted by atomic mass is 10.1. The van der Waals surface area contributed by atoms with Gasteiger partial charge in [0.1, 0.15) is 11.7 Å². The van der Waals surface area contributed by atoms with Gasteiger partial charge in [-0.3, -0.25) is 10.2 Å². The van der Waals surface area contributed by atoms with Crippen molar-refractivity contribution in [1.82, 2.24) is 5.32 Å². The lowest BCUT2D eigenvalue weighted by molar-refractivity contribution is -0.131. The van der Waals surface area contributed by atoms with Gasteiger partial charge < -0.3 is 25.3 Å². The third kappa shape index (κ3) is 4.73. The van der Waals surface area contributed by atoms with Gasteiger partial charge in [0.2, 0.25) is 0 Å². The molecule has 0 aromatic heterocycles. The number of rotatable bonds is 8. The number of halogens is 1. The van der Waals surface area contributed by atoms with Gasteiger partial charge in [-0.2, -0.15) is 0 Å². The van der Waals surface area contributed by atoms with Crippen LogP contribution in [0.1, 0.15) is 22.8 Å². The Morgan fingerprint density at radius 1 is 1.15 bits per heavy atom. The summed E-state index contributed by atoms with van der Waals surface area (Å²) in [6.45, 7) is 0.214. The second kappa shape index (κ2) is 9.00. The first-order valence-electron chi connectivity index (χ1n) is 8.06. The van der Waals surface area contributed by atoms with Gasteiger partial charge in [0.05, 0.1) is 14.2 Å². The average molecular weight is 375 g/mol. The van der Waals surface area contributed by atoms with Crippen molar-refractivity contribution in [3.63, 3.8) is 0 Å². The predicted molar refractivity (Wildman–Crippen MR) is 98.6 cm³/mol. The molecule has 0 heterocycles. The molecule has 1 atom stereocenters. The minimum absolute atomic E-state index is 0.0334. The smallest absolute Gasteiger partial charge is 0.254 e. The first kappa shape index (κ1) is 20.2. The highest BCUT2D eigenvalue weighted by Gasteiger charge is 2.25. The van der Waals surface area contributed by atoms with E-state index < -0.39 is 17.8 Å². The number of amides is 1. The Kier molecular flexibility index (Phi) is 6.73. The molecule has 8 heteroatoms. The Labute approximate surface area is 156 Å². The molecule has 0 bridgehead atoms. The minimum Gasteiger partial charge on any atom is -0.493 e. The molecule has 27 heavy (non-hydrogen) atoms. The van der Waals surface area contributed by atoms with Gasteiger partial charge in [0.25, 0.3) is 5.91 Å². The molecule has 2 aromatic rings. The summed E-state index contributed by atoms with van der Waals surface area (Å²) in [4.78, 5) is 12.5. The Morgan fingerprint density at radius 3 is 2.26 bits per heavy atom. The van der Waals surface area contributed by atoms with Gasteiger partial charge in [-0.15, -0.1) is 0 Å². The van der Waals surface area contributed by atoms with E-state index in [0.717, 1.165) is 11.6 Å². The Morgan fingerprint density at radius 2 is 1.74 bits per heavy atom. The van der Waals surface area contributed by atoms with Gasteiger partial charge in [-0.1, -0.05) is 24.3 Å². The summed E-state index contributed by atoms with van der Waals surface area (Å²) in [5.74, 6) is -0.656. The van der Waals surface area contributed by atoms with Crippen LogP contribution in [-0.2, 0) is 16.1 Å². The molecule has 0 unspecified atom stereocenters. The van der Waals surface area contributed by atoms with E-state index in [4.69, 9.17) is 25.4 Å². The van der Waals surface area contributed by atoms with Crippen molar-refractivity contribution in [3.8, 4) is 11.5 Å². The van der Waals surface area contributed by atoms with Crippen molar-refractivity contribution in [2.75, 3.05) is 21.3 Å². The van der Waals surface area contributed by atoms with Crippen LogP contribution in [0.25, 0.3) is 0 Å². The first-order chi connectivity index (χ1) is 12.9. The van der Waals surface area contributed by atoms with Crippen LogP contribution in [0.15, 0.2) is 36.4 Å². The summed E-state index contributed by atoms with van der Waals surface area (Å²) in [6.07, 6.45) is -1.15. The number of methoxy groups -OCH3 is 3. The second-order valence-corrected chi connectivity index (χ2v) is 5.67. The van der Waals surface area contributed by atoms with Crippen LogP contribution in [0.4, 0.5) is 4.39 Å². The van der Waals surface area contributed by atoms with Crippen LogP contribution in [-0.4, -0.2) is 33.1 Å². The quantitative estimate of drug-likeness (QED) is 0.484. The molecule has 0 saturated heterocycles. The number of nitrogen functional groups attached to an aromatic ring is 1. The number of carbonyl (C=O) groups is 1. The fourth-order valence-corrected chi connectivity index (χ4v) is 2.53. The maximum atomic E-state index is 14.4. The first-order valence-corrected chi connectivity index (χ1v) is 8.06. The predicted octanol–water partition coefficient (Wildman–Crippen LogP) is 2.13. The van der Waals surface area contributed by atoms with E-state index >= 15 is 0 Å².